The summed E-state index contributed by atoms with van der Waals surface area (Å²) in [6, 6.07) is 1.40. The summed E-state index contributed by atoms with van der Waals surface area (Å²) < 4.78 is 35.7. The molecule has 0 amide bonds. The molecule has 0 radical (unpaired) electrons. The summed E-state index contributed by atoms with van der Waals surface area (Å²) in [6.45, 7) is 1.86. The number of hydrogen-bond donors (Lipinski definition) is 0. The molecule has 0 saturated heterocycles. The molecule has 0 spiro atoms. The molecular weight excluding hydrogens is 359 g/mol. The van der Waals surface area contributed by atoms with Gasteiger partial charge in [-0.1, -0.05) is 0 Å². The fourth-order valence-corrected chi connectivity index (χ4v) is 2.00. The van der Waals surface area contributed by atoms with Crippen LogP contribution < -0.4 is 4.74 Å². The molecule has 100 valence electrons. The Morgan fingerprint density at radius 1 is 1.56 bits per heavy atom. The Labute approximate surface area is 117 Å². The van der Waals surface area contributed by atoms with Gasteiger partial charge < -0.3 is 9.47 Å². The van der Waals surface area contributed by atoms with Crippen molar-refractivity contribution in [3.63, 3.8) is 0 Å². The second-order valence-electron chi connectivity index (χ2n) is 3.31. The molecule has 18 heavy (non-hydrogen) atoms. The number of ether oxygens (including phenoxy) is 2. The third kappa shape index (κ3) is 3.76. The minimum atomic E-state index is -2.74. The Bertz CT molecular complexity index is 441. The van der Waals surface area contributed by atoms with Gasteiger partial charge >= 0.3 is 5.97 Å². The average molecular weight is 371 g/mol. The van der Waals surface area contributed by atoms with Crippen LogP contribution in [0, 0.1) is 3.70 Å². The number of methoxy groups -OCH3 is 1. The molecule has 4 nitrogen and oxygen atoms in total. The number of esters is 1. The van der Waals surface area contributed by atoms with Crippen LogP contribution in [0.4, 0.5) is 8.78 Å². The van der Waals surface area contributed by atoms with E-state index in [1.165, 1.54) is 13.2 Å². The maximum atomic E-state index is 12.8. The van der Waals surface area contributed by atoms with E-state index in [9.17, 15) is 13.6 Å². The zero-order chi connectivity index (χ0) is 13.7. The molecule has 0 atom stereocenters. The van der Waals surface area contributed by atoms with Crippen LogP contribution in [0.25, 0.3) is 0 Å². The highest BCUT2D eigenvalue weighted by Crippen LogP contribution is 2.28. The number of pyridine rings is 1. The minimum Gasteiger partial charge on any atom is -0.494 e. The highest BCUT2D eigenvalue weighted by Gasteiger charge is 2.20. The second kappa shape index (κ2) is 6.81. The van der Waals surface area contributed by atoms with Gasteiger partial charge in [-0.25, -0.2) is 13.8 Å². The molecule has 0 bridgehead atoms. The van der Waals surface area contributed by atoms with Crippen LogP contribution in [0.1, 0.15) is 24.6 Å². The number of halogens is 3. The number of nitrogens with zero attached hydrogens (tertiary/aromatic N) is 1. The van der Waals surface area contributed by atoms with E-state index in [0.29, 0.717) is 9.45 Å². The van der Waals surface area contributed by atoms with Gasteiger partial charge in [-0.05, 0) is 41.1 Å². The van der Waals surface area contributed by atoms with Crippen LogP contribution in [-0.2, 0) is 16.0 Å². The largest absolute Gasteiger partial charge is 0.494 e. The molecule has 0 aliphatic heterocycles. The Kier molecular flexibility index (Phi) is 5.70. The summed E-state index contributed by atoms with van der Waals surface area (Å²) >= 11 is 1.80. The van der Waals surface area contributed by atoms with Crippen LogP contribution in [0.5, 0.6) is 5.75 Å². The van der Waals surface area contributed by atoms with Crippen LogP contribution >= 0.6 is 22.6 Å². The maximum absolute atomic E-state index is 12.8. The van der Waals surface area contributed by atoms with Crippen LogP contribution in [0.3, 0.4) is 0 Å². The van der Waals surface area contributed by atoms with E-state index in [-0.39, 0.29) is 18.6 Å². The van der Waals surface area contributed by atoms with E-state index < -0.39 is 18.1 Å². The quantitative estimate of drug-likeness (QED) is 0.454. The zero-order valence-corrected chi connectivity index (χ0v) is 12.0. The van der Waals surface area contributed by atoms with Crippen molar-refractivity contribution in [1.29, 1.82) is 0 Å². The van der Waals surface area contributed by atoms with Crippen molar-refractivity contribution >= 4 is 28.6 Å². The lowest BCUT2D eigenvalue weighted by Gasteiger charge is -2.11. The lowest BCUT2D eigenvalue weighted by atomic mass is 10.1. The molecule has 0 aliphatic rings. The summed E-state index contributed by atoms with van der Waals surface area (Å²) in [5.41, 5.74) is -0.283. The third-order valence-electron chi connectivity index (χ3n) is 2.12. The predicted octanol–water partition coefficient (Wildman–Crippen LogP) is 2.74. The molecule has 0 fully saturated rings. The van der Waals surface area contributed by atoms with Crippen LogP contribution in [-0.4, -0.2) is 24.7 Å². The number of rotatable bonds is 5. The van der Waals surface area contributed by atoms with Crippen molar-refractivity contribution < 1.29 is 23.0 Å². The van der Waals surface area contributed by atoms with Gasteiger partial charge in [0.25, 0.3) is 6.43 Å². The van der Waals surface area contributed by atoms with Gasteiger partial charge in [-0.2, -0.15) is 0 Å². The van der Waals surface area contributed by atoms with Crippen molar-refractivity contribution in [2.45, 2.75) is 19.8 Å². The van der Waals surface area contributed by atoms with E-state index in [0.717, 1.165) is 0 Å². The first-order valence-corrected chi connectivity index (χ1v) is 6.24. The molecule has 0 aromatic carbocycles. The van der Waals surface area contributed by atoms with Gasteiger partial charge in [0.15, 0.2) is 5.75 Å². The number of alkyl halides is 2. The average Bonchev–Trinajstić information content (AvgIpc) is 2.30. The summed E-state index contributed by atoms with van der Waals surface area (Å²) in [6.07, 6.45) is -2.98. The molecule has 0 aliphatic carbocycles. The number of hydrogen-bond acceptors (Lipinski definition) is 4. The topological polar surface area (TPSA) is 48.4 Å². The minimum absolute atomic E-state index is 0.126. The number of aromatic nitrogens is 1. The molecule has 0 N–H and O–H groups in total. The maximum Gasteiger partial charge on any atom is 0.310 e. The first-order chi connectivity index (χ1) is 8.49. The summed E-state index contributed by atoms with van der Waals surface area (Å²) in [4.78, 5) is 15.1. The van der Waals surface area contributed by atoms with Crippen molar-refractivity contribution in [3.05, 3.63) is 21.0 Å². The molecule has 1 rings (SSSR count). The van der Waals surface area contributed by atoms with Crippen molar-refractivity contribution in [3.8, 4) is 5.75 Å². The first-order valence-electron chi connectivity index (χ1n) is 5.16. The van der Waals surface area contributed by atoms with Gasteiger partial charge in [0.2, 0.25) is 0 Å². The monoisotopic (exact) mass is 371 g/mol. The molecule has 1 aromatic heterocycles. The van der Waals surface area contributed by atoms with Crippen molar-refractivity contribution in [1.82, 2.24) is 4.98 Å². The van der Waals surface area contributed by atoms with E-state index in [1.54, 1.807) is 29.5 Å². The predicted molar refractivity (Wildman–Crippen MR) is 68.8 cm³/mol. The molecular formula is C11H12F2INO3. The van der Waals surface area contributed by atoms with Gasteiger partial charge in [-0.3, -0.25) is 4.79 Å². The zero-order valence-electron chi connectivity index (χ0n) is 9.87. The van der Waals surface area contributed by atoms with Gasteiger partial charge in [0.05, 0.1) is 20.1 Å². The summed E-state index contributed by atoms with van der Waals surface area (Å²) in [5.74, 6) is -0.205. The third-order valence-corrected chi connectivity index (χ3v) is 2.90. The van der Waals surface area contributed by atoms with Gasteiger partial charge in [0, 0.05) is 0 Å². The van der Waals surface area contributed by atoms with E-state index >= 15 is 0 Å². The normalized spacial score (nSPS) is 10.6. The van der Waals surface area contributed by atoms with Gasteiger partial charge in [0.1, 0.15) is 9.39 Å². The van der Waals surface area contributed by atoms with E-state index in [1.807, 2.05) is 0 Å². The van der Waals surface area contributed by atoms with Crippen LogP contribution in [0.2, 0.25) is 0 Å². The fourth-order valence-electron chi connectivity index (χ4n) is 1.37. The lowest BCUT2D eigenvalue weighted by Crippen LogP contribution is -2.11. The Morgan fingerprint density at radius 2 is 2.22 bits per heavy atom. The molecule has 0 unspecified atom stereocenters. The summed E-state index contributed by atoms with van der Waals surface area (Å²) in [7, 11) is 1.41. The standard InChI is InChI=1S/C11H12F2INO3/c1-3-18-8(16)5-6-4-7(17-2)11(14)15-9(6)10(12)13/h4,10H,3,5H2,1-2H3. The molecule has 0 saturated carbocycles. The highest BCUT2D eigenvalue weighted by atomic mass is 127. The second-order valence-corrected chi connectivity index (χ2v) is 4.33. The Morgan fingerprint density at radius 3 is 2.72 bits per heavy atom. The Hall–Kier alpha value is -0.990. The van der Waals surface area contributed by atoms with E-state index in [2.05, 4.69) is 4.98 Å². The Balaban J connectivity index is 3.10. The SMILES string of the molecule is CCOC(=O)Cc1cc(OC)c(I)nc1C(F)F. The lowest BCUT2D eigenvalue weighted by molar-refractivity contribution is -0.142. The molecule has 7 heteroatoms. The molecule has 1 aromatic rings. The number of carbonyl (C=O) groups excluding carboxylic acids is 1. The van der Waals surface area contributed by atoms with Crippen LogP contribution in [0.15, 0.2) is 6.07 Å². The summed E-state index contributed by atoms with van der Waals surface area (Å²) in [5, 5.41) is 0. The highest BCUT2D eigenvalue weighted by molar-refractivity contribution is 14.1. The van der Waals surface area contributed by atoms with E-state index in [4.69, 9.17) is 9.47 Å². The van der Waals surface area contributed by atoms with Crippen molar-refractivity contribution in [2.75, 3.05) is 13.7 Å². The number of carbonyl (C=O) groups is 1. The first kappa shape index (κ1) is 15.1. The van der Waals surface area contributed by atoms with Crippen molar-refractivity contribution in [2.24, 2.45) is 0 Å². The fraction of sp³-hybridized carbons (Fsp3) is 0.455. The molecule has 1 heterocycles. The van der Waals surface area contributed by atoms with Gasteiger partial charge in [-0.15, -0.1) is 0 Å². The smallest absolute Gasteiger partial charge is 0.310 e.